The Labute approximate surface area is 138 Å². The molecule has 0 spiro atoms. The summed E-state index contributed by atoms with van der Waals surface area (Å²) in [5, 5.41) is 13.9. The molecule has 1 aliphatic rings. The van der Waals surface area contributed by atoms with Gasteiger partial charge >= 0.3 is 0 Å². The van der Waals surface area contributed by atoms with Gasteiger partial charge in [0, 0.05) is 30.7 Å². The second-order valence-electron chi connectivity index (χ2n) is 6.65. The van der Waals surface area contributed by atoms with Crippen molar-refractivity contribution < 1.29 is 0 Å². The van der Waals surface area contributed by atoms with Crippen molar-refractivity contribution in [3.63, 3.8) is 0 Å². The number of rotatable bonds is 4. The minimum atomic E-state index is 0.455. The van der Waals surface area contributed by atoms with Gasteiger partial charge in [-0.3, -0.25) is 9.88 Å². The van der Waals surface area contributed by atoms with Crippen LogP contribution in [0.25, 0.3) is 10.9 Å². The lowest BCUT2D eigenvalue weighted by atomic mass is 9.99. The molecular formula is C19H24N4. The van der Waals surface area contributed by atoms with E-state index in [1.807, 2.05) is 24.3 Å². The third-order valence-electron chi connectivity index (χ3n) is 4.78. The van der Waals surface area contributed by atoms with Gasteiger partial charge in [-0.05, 0) is 38.3 Å². The molecule has 2 heterocycles. The van der Waals surface area contributed by atoms with Gasteiger partial charge in [-0.1, -0.05) is 25.1 Å². The van der Waals surface area contributed by atoms with E-state index in [0.29, 0.717) is 11.6 Å². The van der Waals surface area contributed by atoms with Crippen molar-refractivity contribution >= 4 is 16.6 Å². The number of likely N-dealkylation sites (tertiary alicyclic amines) is 1. The predicted octanol–water partition coefficient (Wildman–Crippen LogP) is 3.64. The molecule has 1 aliphatic heterocycles. The van der Waals surface area contributed by atoms with Crippen LogP contribution < -0.4 is 5.32 Å². The first-order valence-electron chi connectivity index (χ1n) is 8.45. The maximum Gasteiger partial charge on any atom is 0.103 e. The Morgan fingerprint density at radius 3 is 3.04 bits per heavy atom. The lowest BCUT2D eigenvalue weighted by molar-refractivity contribution is 0.144. The number of nitriles is 1. The van der Waals surface area contributed by atoms with E-state index < -0.39 is 0 Å². The number of nitrogens with zero attached hydrogens (tertiary/aromatic N) is 3. The Balaban J connectivity index is 1.77. The van der Waals surface area contributed by atoms with E-state index in [0.717, 1.165) is 29.1 Å². The summed E-state index contributed by atoms with van der Waals surface area (Å²) in [5.41, 5.74) is 2.45. The van der Waals surface area contributed by atoms with E-state index in [4.69, 9.17) is 0 Å². The van der Waals surface area contributed by atoms with Crippen LogP contribution >= 0.6 is 0 Å². The first-order valence-corrected chi connectivity index (χ1v) is 8.45. The monoisotopic (exact) mass is 308 g/mol. The number of piperidine rings is 1. The van der Waals surface area contributed by atoms with Crippen LogP contribution in [-0.2, 0) is 0 Å². The maximum atomic E-state index is 9.39. The minimum Gasteiger partial charge on any atom is -0.382 e. The van der Waals surface area contributed by atoms with Crippen molar-refractivity contribution in [3.05, 3.63) is 36.0 Å². The van der Waals surface area contributed by atoms with Gasteiger partial charge in [0.15, 0.2) is 0 Å². The Bertz CT molecular complexity index is 719. The summed E-state index contributed by atoms with van der Waals surface area (Å²) < 4.78 is 0. The zero-order valence-corrected chi connectivity index (χ0v) is 13.9. The quantitative estimate of drug-likeness (QED) is 0.937. The summed E-state index contributed by atoms with van der Waals surface area (Å²) in [6.07, 6.45) is 4.29. The highest BCUT2D eigenvalue weighted by molar-refractivity contribution is 5.93. The number of pyridine rings is 1. The fourth-order valence-corrected chi connectivity index (χ4v) is 3.42. The maximum absolute atomic E-state index is 9.39. The van der Waals surface area contributed by atoms with Gasteiger partial charge in [-0.15, -0.1) is 0 Å². The number of nitrogens with one attached hydrogen (secondary N) is 1. The fourth-order valence-electron chi connectivity index (χ4n) is 3.42. The van der Waals surface area contributed by atoms with Gasteiger partial charge in [-0.25, -0.2) is 0 Å². The summed E-state index contributed by atoms with van der Waals surface area (Å²) in [4.78, 5) is 6.92. The molecule has 120 valence electrons. The van der Waals surface area contributed by atoms with E-state index in [1.54, 1.807) is 6.20 Å². The van der Waals surface area contributed by atoms with Crippen LogP contribution in [-0.4, -0.2) is 35.6 Å². The van der Waals surface area contributed by atoms with Crippen LogP contribution in [0.3, 0.4) is 0 Å². The molecule has 3 rings (SSSR count). The highest BCUT2D eigenvalue weighted by atomic mass is 15.2. The molecule has 2 aromatic rings. The topological polar surface area (TPSA) is 52.0 Å². The number of aromatic nitrogens is 1. The lowest BCUT2D eigenvalue weighted by Gasteiger charge is -2.35. The van der Waals surface area contributed by atoms with E-state index in [-0.39, 0.29) is 0 Å². The van der Waals surface area contributed by atoms with Crippen LogP contribution in [0.2, 0.25) is 0 Å². The summed E-state index contributed by atoms with van der Waals surface area (Å²) >= 11 is 0. The zero-order chi connectivity index (χ0) is 16.2. The van der Waals surface area contributed by atoms with Crippen molar-refractivity contribution in [3.8, 4) is 6.07 Å². The lowest BCUT2D eigenvalue weighted by Crippen LogP contribution is -2.43. The van der Waals surface area contributed by atoms with Gasteiger partial charge in [0.25, 0.3) is 0 Å². The summed E-state index contributed by atoms with van der Waals surface area (Å²) in [6, 6.07) is 10.7. The standard InChI is InChI=1S/C19H24N4/c1-14-6-5-9-23(13-14)15(2)11-22-19-16(10-20)12-21-18-8-4-3-7-17(18)19/h3-4,7-8,12,14-15H,5-6,9,11,13H2,1-2H3,(H,21,22). The van der Waals surface area contributed by atoms with Crippen molar-refractivity contribution in [2.75, 3.05) is 25.0 Å². The first kappa shape index (κ1) is 15.8. The zero-order valence-electron chi connectivity index (χ0n) is 13.9. The molecule has 1 N–H and O–H groups in total. The number of hydrogen-bond acceptors (Lipinski definition) is 4. The second-order valence-corrected chi connectivity index (χ2v) is 6.65. The summed E-state index contributed by atoms with van der Waals surface area (Å²) in [5.74, 6) is 0.780. The minimum absolute atomic E-state index is 0.455. The van der Waals surface area contributed by atoms with Crippen molar-refractivity contribution in [2.45, 2.75) is 32.7 Å². The largest absolute Gasteiger partial charge is 0.382 e. The molecule has 1 fully saturated rings. The van der Waals surface area contributed by atoms with Gasteiger partial charge in [-0.2, -0.15) is 5.26 Å². The Morgan fingerprint density at radius 1 is 1.43 bits per heavy atom. The van der Waals surface area contributed by atoms with Crippen molar-refractivity contribution in [1.82, 2.24) is 9.88 Å². The highest BCUT2D eigenvalue weighted by Crippen LogP contribution is 2.26. The van der Waals surface area contributed by atoms with Crippen LogP contribution in [0.5, 0.6) is 0 Å². The van der Waals surface area contributed by atoms with Gasteiger partial charge in [0.05, 0.1) is 16.8 Å². The molecule has 2 unspecified atom stereocenters. The van der Waals surface area contributed by atoms with E-state index in [1.165, 1.54) is 25.9 Å². The van der Waals surface area contributed by atoms with Crippen LogP contribution in [0, 0.1) is 17.2 Å². The van der Waals surface area contributed by atoms with Crippen LogP contribution in [0.4, 0.5) is 5.69 Å². The third kappa shape index (κ3) is 3.46. The Morgan fingerprint density at radius 2 is 2.26 bits per heavy atom. The number of para-hydroxylation sites is 1. The molecule has 4 heteroatoms. The molecule has 0 amide bonds. The summed E-state index contributed by atoms with van der Waals surface area (Å²) in [7, 11) is 0. The van der Waals surface area contributed by atoms with Gasteiger partial charge in [0.2, 0.25) is 0 Å². The molecule has 0 saturated carbocycles. The number of benzene rings is 1. The van der Waals surface area contributed by atoms with Crippen LogP contribution in [0.1, 0.15) is 32.3 Å². The number of anilines is 1. The smallest absolute Gasteiger partial charge is 0.103 e. The first-order chi connectivity index (χ1) is 11.2. The third-order valence-corrected chi connectivity index (χ3v) is 4.78. The molecule has 1 saturated heterocycles. The average Bonchev–Trinajstić information content (AvgIpc) is 2.59. The summed E-state index contributed by atoms with van der Waals surface area (Å²) in [6.45, 7) is 7.78. The second kappa shape index (κ2) is 6.97. The predicted molar refractivity (Wildman–Crippen MR) is 94.4 cm³/mol. The van der Waals surface area contributed by atoms with E-state index >= 15 is 0 Å². The SMILES string of the molecule is CC1CCCN(C(C)CNc2c(C#N)cnc3ccccc23)C1. The normalized spacial score (nSPS) is 20.1. The molecule has 1 aromatic carbocycles. The van der Waals surface area contributed by atoms with E-state index in [2.05, 4.69) is 35.1 Å². The average molecular weight is 308 g/mol. The Hall–Kier alpha value is -2.12. The molecule has 4 nitrogen and oxygen atoms in total. The van der Waals surface area contributed by atoms with Gasteiger partial charge < -0.3 is 5.32 Å². The molecule has 2 atom stereocenters. The number of fused-ring (bicyclic) bond motifs is 1. The van der Waals surface area contributed by atoms with Gasteiger partial charge in [0.1, 0.15) is 6.07 Å². The fraction of sp³-hybridized carbons (Fsp3) is 0.474. The Kier molecular flexibility index (Phi) is 4.78. The molecule has 0 bridgehead atoms. The van der Waals surface area contributed by atoms with Crippen molar-refractivity contribution in [2.24, 2.45) is 5.92 Å². The molecule has 23 heavy (non-hydrogen) atoms. The number of hydrogen-bond donors (Lipinski definition) is 1. The van der Waals surface area contributed by atoms with Crippen molar-refractivity contribution in [1.29, 1.82) is 5.26 Å². The molecular weight excluding hydrogens is 284 g/mol. The highest BCUT2D eigenvalue weighted by Gasteiger charge is 2.21. The van der Waals surface area contributed by atoms with Crippen LogP contribution in [0.15, 0.2) is 30.5 Å². The molecule has 0 radical (unpaired) electrons. The molecule has 0 aliphatic carbocycles. The molecule has 1 aromatic heterocycles. The van der Waals surface area contributed by atoms with E-state index in [9.17, 15) is 5.26 Å².